The summed E-state index contributed by atoms with van der Waals surface area (Å²) in [6.45, 7) is 4.15. The van der Waals surface area contributed by atoms with Crippen LogP contribution >= 0.6 is 11.6 Å². The van der Waals surface area contributed by atoms with E-state index in [9.17, 15) is 9.18 Å². The number of hydrogen-bond donors (Lipinski definition) is 2. The van der Waals surface area contributed by atoms with Gasteiger partial charge in [0.05, 0.1) is 10.6 Å². The molecule has 1 amide bonds. The number of nitrogens with zero attached hydrogens (tertiary/aromatic N) is 2. The Morgan fingerprint density at radius 2 is 2.25 bits per heavy atom. The Bertz CT molecular complexity index is 522. The molecule has 0 spiro atoms. The van der Waals surface area contributed by atoms with Crippen LogP contribution in [-0.4, -0.2) is 34.9 Å². The van der Waals surface area contributed by atoms with E-state index >= 15 is 0 Å². The molecule has 1 aromatic rings. The Morgan fingerprint density at radius 3 is 2.80 bits per heavy atom. The van der Waals surface area contributed by atoms with E-state index in [0.717, 1.165) is 0 Å². The fourth-order valence-corrected chi connectivity index (χ4v) is 1.92. The second-order valence-electron chi connectivity index (χ2n) is 4.37. The number of nitrogens with two attached hydrogens (primary N) is 1. The summed E-state index contributed by atoms with van der Waals surface area (Å²) in [5, 5.41) is 11.3. The van der Waals surface area contributed by atoms with Crippen LogP contribution < -0.4 is 5.73 Å². The highest BCUT2D eigenvalue weighted by Gasteiger charge is 2.21. The molecule has 110 valence electrons. The second-order valence-corrected chi connectivity index (χ2v) is 4.75. The van der Waals surface area contributed by atoms with Gasteiger partial charge in [-0.2, -0.15) is 0 Å². The van der Waals surface area contributed by atoms with Gasteiger partial charge in [0.15, 0.2) is 0 Å². The fraction of sp³-hybridized carbons (Fsp3) is 0.385. The van der Waals surface area contributed by atoms with Gasteiger partial charge in [0.1, 0.15) is 11.7 Å². The molecule has 7 heteroatoms. The molecule has 0 aliphatic carbocycles. The van der Waals surface area contributed by atoms with Crippen LogP contribution in [0, 0.1) is 11.7 Å². The lowest BCUT2D eigenvalue weighted by molar-refractivity contribution is 0.0753. The zero-order valence-electron chi connectivity index (χ0n) is 11.3. The molecule has 1 rings (SSSR count). The lowest BCUT2D eigenvalue weighted by atomic mass is 10.1. The van der Waals surface area contributed by atoms with E-state index in [-0.39, 0.29) is 28.9 Å². The van der Waals surface area contributed by atoms with Gasteiger partial charge in [-0.05, 0) is 19.1 Å². The van der Waals surface area contributed by atoms with Crippen LogP contribution in [0.3, 0.4) is 0 Å². The van der Waals surface area contributed by atoms with Crippen molar-refractivity contribution in [3.63, 3.8) is 0 Å². The highest BCUT2D eigenvalue weighted by Crippen LogP contribution is 2.21. The van der Waals surface area contributed by atoms with Crippen LogP contribution in [-0.2, 0) is 0 Å². The number of hydrogen-bond acceptors (Lipinski definition) is 3. The van der Waals surface area contributed by atoms with Crippen LogP contribution in [0.5, 0.6) is 0 Å². The number of rotatable bonds is 5. The number of benzene rings is 1. The third-order valence-electron chi connectivity index (χ3n) is 2.97. The van der Waals surface area contributed by atoms with Crippen LogP contribution in [0.2, 0.25) is 5.02 Å². The normalized spacial score (nSPS) is 13.1. The molecule has 0 aromatic heterocycles. The van der Waals surface area contributed by atoms with Gasteiger partial charge in [-0.25, -0.2) is 4.39 Å². The van der Waals surface area contributed by atoms with E-state index in [1.54, 1.807) is 13.8 Å². The summed E-state index contributed by atoms with van der Waals surface area (Å²) in [7, 11) is 0. The van der Waals surface area contributed by atoms with Crippen LogP contribution in [0.25, 0.3) is 0 Å². The minimum absolute atomic E-state index is 0.0292. The van der Waals surface area contributed by atoms with Gasteiger partial charge in [0.2, 0.25) is 0 Å². The highest BCUT2D eigenvalue weighted by atomic mass is 35.5. The summed E-state index contributed by atoms with van der Waals surface area (Å²) in [4.78, 5) is 13.8. The number of oxime groups is 1. The number of carbonyl (C=O) groups is 1. The maximum absolute atomic E-state index is 13.4. The molecule has 0 bridgehead atoms. The first-order chi connectivity index (χ1) is 9.42. The molecule has 20 heavy (non-hydrogen) atoms. The zero-order valence-corrected chi connectivity index (χ0v) is 12.1. The van der Waals surface area contributed by atoms with Crippen molar-refractivity contribution in [2.24, 2.45) is 16.8 Å². The predicted octanol–water partition coefficient (Wildman–Crippen LogP) is 2.32. The summed E-state index contributed by atoms with van der Waals surface area (Å²) in [5.41, 5.74) is 5.59. The first-order valence-corrected chi connectivity index (χ1v) is 6.50. The van der Waals surface area contributed by atoms with Crippen molar-refractivity contribution in [3.8, 4) is 0 Å². The monoisotopic (exact) mass is 301 g/mol. The molecular weight excluding hydrogens is 285 g/mol. The average molecular weight is 302 g/mol. The molecule has 1 aromatic carbocycles. The quantitative estimate of drug-likeness (QED) is 0.379. The molecule has 1 unspecified atom stereocenters. The van der Waals surface area contributed by atoms with Crippen molar-refractivity contribution < 1.29 is 14.4 Å². The van der Waals surface area contributed by atoms with E-state index in [1.807, 2.05) is 0 Å². The average Bonchev–Trinajstić information content (AvgIpc) is 2.45. The van der Waals surface area contributed by atoms with Gasteiger partial charge < -0.3 is 15.8 Å². The number of carbonyl (C=O) groups excluding carboxylic acids is 1. The van der Waals surface area contributed by atoms with E-state index in [2.05, 4.69) is 5.16 Å². The topological polar surface area (TPSA) is 78.9 Å². The standard InChI is InChI=1S/C13H17ClFN3O2/c1-3-18(7-8(2)12(16)17-20)13(19)9-5-4-6-10(15)11(9)14/h4-6,8,20H,3,7H2,1-2H3,(H2,16,17). The minimum atomic E-state index is -0.641. The van der Waals surface area contributed by atoms with Crippen LogP contribution in [0.4, 0.5) is 4.39 Å². The molecule has 0 heterocycles. The van der Waals surface area contributed by atoms with Crippen molar-refractivity contribution in [3.05, 3.63) is 34.6 Å². The molecule has 1 atom stereocenters. The molecule has 5 nitrogen and oxygen atoms in total. The molecule has 0 aliphatic rings. The predicted molar refractivity (Wildman–Crippen MR) is 75.6 cm³/mol. The highest BCUT2D eigenvalue weighted by molar-refractivity contribution is 6.34. The van der Waals surface area contributed by atoms with Gasteiger partial charge >= 0.3 is 0 Å². The summed E-state index contributed by atoms with van der Waals surface area (Å²) < 4.78 is 13.4. The Kier molecular flexibility index (Phi) is 5.76. The zero-order chi connectivity index (χ0) is 15.3. The molecule has 3 N–H and O–H groups in total. The van der Waals surface area contributed by atoms with Crippen molar-refractivity contribution in [2.45, 2.75) is 13.8 Å². The summed E-state index contributed by atoms with van der Waals surface area (Å²) in [5.74, 6) is -1.33. The summed E-state index contributed by atoms with van der Waals surface area (Å²) >= 11 is 5.80. The molecule has 0 saturated carbocycles. The van der Waals surface area contributed by atoms with E-state index in [0.29, 0.717) is 6.54 Å². The smallest absolute Gasteiger partial charge is 0.255 e. The van der Waals surface area contributed by atoms with Gasteiger partial charge in [-0.15, -0.1) is 0 Å². The molecular formula is C13H17ClFN3O2. The van der Waals surface area contributed by atoms with Crippen molar-refractivity contribution in [2.75, 3.05) is 13.1 Å². The van der Waals surface area contributed by atoms with E-state index < -0.39 is 11.7 Å². The largest absolute Gasteiger partial charge is 0.409 e. The number of amides is 1. The Labute approximate surface area is 121 Å². The first-order valence-electron chi connectivity index (χ1n) is 6.13. The third-order valence-corrected chi connectivity index (χ3v) is 3.35. The third kappa shape index (κ3) is 3.60. The van der Waals surface area contributed by atoms with Crippen molar-refractivity contribution >= 4 is 23.3 Å². The fourth-order valence-electron chi connectivity index (χ4n) is 1.72. The Balaban J connectivity index is 2.95. The number of halogens is 2. The lowest BCUT2D eigenvalue weighted by Gasteiger charge is -2.24. The van der Waals surface area contributed by atoms with Crippen LogP contribution in [0.15, 0.2) is 23.4 Å². The summed E-state index contributed by atoms with van der Waals surface area (Å²) in [6.07, 6.45) is 0. The molecule has 0 saturated heterocycles. The number of amidine groups is 1. The minimum Gasteiger partial charge on any atom is -0.409 e. The Hall–Kier alpha value is -1.82. The van der Waals surface area contributed by atoms with E-state index in [4.69, 9.17) is 22.5 Å². The second kappa shape index (κ2) is 7.09. The molecule has 0 aliphatic heterocycles. The maximum Gasteiger partial charge on any atom is 0.255 e. The molecule has 0 radical (unpaired) electrons. The maximum atomic E-state index is 13.4. The Morgan fingerprint density at radius 1 is 1.60 bits per heavy atom. The van der Waals surface area contributed by atoms with Gasteiger partial charge in [-0.3, -0.25) is 4.79 Å². The van der Waals surface area contributed by atoms with Crippen molar-refractivity contribution in [1.29, 1.82) is 0 Å². The lowest BCUT2D eigenvalue weighted by Crippen LogP contribution is -2.39. The SMILES string of the molecule is CCN(CC(C)/C(N)=N/O)C(=O)c1cccc(F)c1Cl. The van der Waals surface area contributed by atoms with Crippen molar-refractivity contribution in [1.82, 2.24) is 4.90 Å². The summed E-state index contributed by atoms with van der Waals surface area (Å²) in [6, 6.07) is 4.08. The first kappa shape index (κ1) is 16.2. The van der Waals surface area contributed by atoms with Gasteiger partial charge in [0, 0.05) is 19.0 Å². The van der Waals surface area contributed by atoms with E-state index in [1.165, 1.54) is 23.1 Å². The van der Waals surface area contributed by atoms with Crippen LogP contribution in [0.1, 0.15) is 24.2 Å². The van der Waals surface area contributed by atoms with Gasteiger partial charge in [-0.1, -0.05) is 29.7 Å². The van der Waals surface area contributed by atoms with Gasteiger partial charge in [0.25, 0.3) is 5.91 Å². The molecule has 0 fully saturated rings.